The molecule has 2 aromatic rings. The van der Waals surface area contributed by atoms with Gasteiger partial charge in [0.2, 0.25) is 5.91 Å². The lowest BCUT2D eigenvalue weighted by Gasteiger charge is -2.12. The Hall–Kier alpha value is -1.88. The minimum atomic E-state index is -0.0994. The molecule has 6 heteroatoms. The third kappa shape index (κ3) is 2.14. The van der Waals surface area contributed by atoms with Crippen molar-refractivity contribution in [2.75, 3.05) is 11.9 Å². The Morgan fingerprint density at radius 2 is 2.24 bits per heavy atom. The van der Waals surface area contributed by atoms with Crippen LogP contribution in [0.5, 0.6) is 0 Å². The van der Waals surface area contributed by atoms with Gasteiger partial charge in [-0.15, -0.1) is 0 Å². The van der Waals surface area contributed by atoms with Crippen LogP contribution >= 0.6 is 11.6 Å². The number of nitrogens with zero attached hydrogens (tertiary/aromatic N) is 4. The summed E-state index contributed by atoms with van der Waals surface area (Å²) in [4.78, 5) is 16.7. The monoisotopic (exact) mass is 250 g/mol. The molecule has 0 fully saturated rings. The van der Waals surface area contributed by atoms with Gasteiger partial charge in [0.1, 0.15) is 5.69 Å². The van der Waals surface area contributed by atoms with Crippen LogP contribution in [0.4, 0.5) is 5.69 Å². The maximum Gasteiger partial charge on any atom is 0.223 e. The molecule has 0 atom stereocenters. The molecule has 0 aliphatic rings. The van der Waals surface area contributed by atoms with Gasteiger partial charge < -0.3 is 4.90 Å². The fourth-order valence-corrected chi connectivity index (χ4v) is 1.70. The van der Waals surface area contributed by atoms with E-state index in [9.17, 15) is 4.79 Å². The molecular weight excluding hydrogens is 240 g/mol. The van der Waals surface area contributed by atoms with E-state index in [1.54, 1.807) is 31.7 Å². The van der Waals surface area contributed by atoms with Crippen molar-refractivity contribution in [1.82, 2.24) is 14.8 Å². The van der Waals surface area contributed by atoms with Gasteiger partial charge in [0.15, 0.2) is 5.15 Å². The van der Waals surface area contributed by atoms with E-state index in [0.717, 1.165) is 5.69 Å². The van der Waals surface area contributed by atoms with Gasteiger partial charge in [-0.3, -0.25) is 9.78 Å². The third-order valence-electron chi connectivity index (χ3n) is 2.42. The zero-order valence-electron chi connectivity index (χ0n) is 9.46. The van der Waals surface area contributed by atoms with E-state index < -0.39 is 0 Å². The molecule has 0 spiro atoms. The van der Waals surface area contributed by atoms with Crippen molar-refractivity contribution in [3.8, 4) is 5.69 Å². The first-order valence-electron chi connectivity index (χ1n) is 4.99. The minimum absolute atomic E-state index is 0.0994. The van der Waals surface area contributed by atoms with Crippen LogP contribution in [0.2, 0.25) is 5.15 Å². The molecular formula is C11H11ClN4O. The Balaban J connectivity index is 2.43. The molecule has 17 heavy (non-hydrogen) atoms. The van der Waals surface area contributed by atoms with Crippen molar-refractivity contribution >= 4 is 23.2 Å². The first kappa shape index (κ1) is 11.6. The molecule has 2 heterocycles. The van der Waals surface area contributed by atoms with E-state index >= 15 is 0 Å². The third-order valence-corrected chi connectivity index (χ3v) is 2.77. The maximum absolute atomic E-state index is 11.3. The lowest BCUT2D eigenvalue weighted by Crippen LogP contribution is -2.22. The molecule has 2 rings (SSSR count). The topological polar surface area (TPSA) is 51.0 Å². The smallest absolute Gasteiger partial charge is 0.223 e. The van der Waals surface area contributed by atoms with Crippen molar-refractivity contribution in [3.63, 3.8) is 0 Å². The normalized spacial score (nSPS) is 10.3. The lowest BCUT2D eigenvalue weighted by atomic mass is 10.4. The molecule has 0 aliphatic carbocycles. The predicted octanol–water partition coefficient (Wildman–Crippen LogP) is 1.90. The van der Waals surface area contributed by atoms with E-state index in [1.807, 2.05) is 6.07 Å². The highest BCUT2D eigenvalue weighted by Crippen LogP contribution is 2.26. The number of carbonyl (C=O) groups is 1. The number of hydrogen-bond acceptors (Lipinski definition) is 3. The molecule has 5 nitrogen and oxygen atoms in total. The number of pyridine rings is 1. The molecule has 0 radical (unpaired) electrons. The van der Waals surface area contributed by atoms with Crippen LogP contribution in [0.1, 0.15) is 6.92 Å². The summed E-state index contributed by atoms with van der Waals surface area (Å²) in [6.07, 6.45) is 4.87. The maximum atomic E-state index is 11.3. The fraction of sp³-hybridized carbons (Fsp3) is 0.182. The molecule has 0 aliphatic heterocycles. The van der Waals surface area contributed by atoms with Crippen LogP contribution in [0.15, 0.2) is 30.7 Å². The first-order chi connectivity index (χ1) is 8.11. The van der Waals surface area contributed by atoms with E-state index in [2.05, 4.69) is 10.1 Å². The second-order valence-corrected chi connectivity index (χ2v) is 3.88. The van der Waals surface area contributed by atoms with Gasteiger partial charge in [0.25, 0.3) is 0 Å². The number of anilines is 1. The lowest BCUT2D eigenvalue weighted by molar-refractivity contribution is -0.116. The predicted molar refractivity (Wildman–Crippen MR) is 65.5 cm³/mol. The van der Waals surface area contributed by atoms with Crippen molar-refractivity contribution < 1.29 is 4.79 Å². The molecule has 0 bridgehead atoms. The van der Waals surface area contributed by atoms with Crippen LogP contribution < -0.4 is 4.90 Å². The second-order valence-electron chi connectivity index (χ2n) is 3.52. The number of carbonyl (C=O) groups excluding carboxylic acids is 1. The summed E-state index contributed by atoms with van der Waals surface area (Å²) < 4.78 is 1.53. The number of rotatable bonds is 2. The van der Waals surface area contributed by atoms with E-state index in [-0.39, 0.29) is 5.91 Å². The number of halogens is 1. The van der Waals surface area contributed by atoms with Crippen LogP contribution in [-0.2, 0) is 4.79 Å². The second kappa shape index (κ2) is 4.55. The molecule has 0 saturated carbocycles. The molecule has 0 N–H and O–H groups in total. The van der Waals surface area contributed by atoms with Gasteiger partial charge in [-0.2, -0.15) is 5.10 Å². The number of aromatic nitrogens is 3. The van der Waals surface area contributed by atoms with Crippen molar-refractivity contribution in [3.05, 3.63) is 35.9 Å². The summed E-state index contributed by atoms with van der Waals surface area (Å²) >= 11 is 6.18. The summed E-state index contributed by atoms with van der Waals surface area (Å²) in [5.74, 6) is -0.0994. The number of amides is 1. The quantitative estimate of drug-likeness (QED) is 0.818. The van der Waals surface area contributed by atoms with Crippen molar-refractivity contribution in [1.29, 1.82) is 0 Å². The minimum Gasteiger partial charge on any atom is -0.312 e. The Morgan fingerprint density at radius 1 is 1.47 bits per heavy atom. The first-order valence-corrected chi connectivity index (χ1v) is 5.37. The Bertz CT molecular complexity index is 538. The molecule has 0 saturated heterocycles. The molecule has 0 aromatic carbocycles. The standard InChI is InChI=1S/C11H11ClN4O/c1-8(17)15(2)10-7-14-16(11(10)12)9-4-3-5-13-6-9/h3-7H,1-2H3. The van der Waals surface area contributed by atoms with Gasteiger partial charge >= 0.3 is 0 Å². The molecule has 88 valence electrons. The van der Waals surface area contributed by atoms with Gasteiger partial charge in [-0.25, -0.2) is 4.68 Å². The largest absolute Gasteiger partial charge is 0.312 e. The number of hydrogen-bond donors (Lipinski definition) is 0. The summed E-state index contributed by atoms with van der Waals surface area (Å²) in [5, 5.41) is 4.53. The zero-order valence-corrected chi connectivity index (χ0v) is 10.2. The average molecular weight is 251 g/mol. The fourth-order valence-electron chi connectivity index (χ4n) is 1.38. The van der Waals surface area contributed by atoms with Crippen LogP contribution in [0, 0.1) is 0 Å². The summed E-state index contributed by atoms with van der Waals surface area (Å²) in [7, 11) is 1.65. The molecule has 2 aromatic heterocycles. The van der Waals surface area contributed by atoms with Crippen molar-refractivity contribution in [2.45, 2.75) is 6.92 Å². The van der Waals surface area contributed by atoms with Gasteiger partial charge in [-0.05, 0) is 12.1 Å². The van der Waals surface area contributed by atoms with Crippen molar-refractivity contribution in [2.24, 2.45) is 0 Å². The van der Waals surface area contributed by atoms with Gasteiger partial charge in [-0.1, -0.05) is 11.6 Å². The SMILES string of the molecule is CC(=O)N(C)c1cnn(-c2cccnc2)c1Cl. The molecule has 0 unspecified atom stereocenters. The van der Waals surface area contributed by atoms with E-state index in [4.69, 9.17) is 11.6 Å². The van der Waals surface area contributed by atoms with Crippen LogP contribution in [0.3, 0.4) is 0 Å². The Labute approximate surface area is 104 Å². The summed E-state index contributed by atoms with van der Waals surface area (Å²) in [5.41, 5.74) is 1.32. The van der Waals surface area contributed by atoms with E-state index in [1.165, 1.54) is 16.5 Å². The Morgan fingerprint density at radius 3 is 2.82 bits per heavy atom. The van der Waals surface area contributed by atoms with Crippen LogP contribution in [0.25, 0.3) is 5.69 Å². The summed E-state index contributed by atoms with van der Waals surface area (Å²) in [6, 6.07) is 3.63. The average Bonchev–Trinajstić information content (AvgIpc) is 2.71. The van der Waals surface area contributed by atoms with Gasteiger partial charge in [0, 0.05) is 20.2 Å². The Kier molecular flexibility index (Phi) is 3.10. The van der Waals surface area contributed by atoms with E-state index in [0.29, 0.717) is 10.8 Å². The highest BCUT2D eigenvalue weighted by atomic mass is 35.5. The summed E-state index contributed by atoms with van der Waals surface area (Å²) in [6.45, 7) is 1.47. The van der Waals surface area contributed by atoms with Crippen LogP contribution in [-0.4, -0.2) is 27.7 Å². The highest BCUT2D eigenvalue weighted by Gasteiger charge is 2.15. The molecule has 1 amide bonds. The zero-order chi connectivity index (χ0) is 12.4. The highest BCUT2D eigenvalue weighted by molar-refractivity contribution is 6.33. The van der Waals surface area contributed by atoms with Gasteiger partial charge in [0.05, 0.1) is 18.1 Å².